The van der Waals surface area contributed by atoms with E-state index < -0.39 is 17.1 Å². The van der Waals surface area contributed by atoms with E-state index in [0.29, 0.717) is 13.0 Å². The van der Waals surface area contributed by atoms with E-state index in [-0.39, 0.29) is 5.41 Å². The molecule has 6 nitrogen and oxygen atoms in total. The highest BCUT2D eigenvalue weighted by Crippen LogP contribution is 2.18. The molecule has 0 unspecified atom stereocenters. The van der Waals surface area contributed by atoms with E-state index in [1.54, 1.807) is 0 Å². The second-order valence-electron chi connectivity index (χ2n) is 4.65. The molecule has 0 aromatic carbocycles. The lowest BCUT2D eigenvalue weighted by Gasteiger charge is -2.17. The zero-order valence-corrected chi connectivity index (χ0v) is 9.09. The number of hydrogen-bond acceptors (Lipinski definition) is 3. The molecule has 84 valence electrons. The van der Waals surface area contributed by atoms with Crippen molar-refractivity contribution >= 4 is 0 Å². The van der Waals surface area contributed by atoms with E-state index >= 15 is 0 Å². The molecular formula is C9H15N3O3. The van der Waals surface area contributed by atoms with Crippen LogP contribution in [0, 0.1) is 5.41 Å². The number of nitrogens with zero attached hydrogens (tertiary/aromatic N) is 1. The maximum absolute atomic E-state index is 11.3. The number of rotatable bonds is 2. The predicted octanol–water partition coefficient (Wildman–Crippen LogP) is -0.339. The zero-order chi connectivity index (χ0) is 11.6. The number of aromatic amines is 2. The Morgan fingerprint density at radius 1 is 1.07 bits per heavy atom. The lowest BCUT2D eigenvalue weighted by molar-refractivity contribution is 0.341. The first-order valence-electron chi connectivity index (χ1n) is 4.73. The van der Waals surface area contributed by atoms with Gasteiger partial charge in [0.1, 0.15) is 0 Å². The third-order valence-electron chi connectivity index (χ3n) is 2.02. The molecule has 15 heavy (non-hydrogen) atoms. The van der Waals surface area contributed by atoms with Crippen LogP contribution in [0.4, 0.5) is 0 Å². The average Bonchev–Trinajstić information content (AvgIpc) is 1.99. The van der Waals surface area contributed by atoms with Gasteiger partial charge in [-0.25, -0.2) is 19.0 Å². The van der Waals surface area contributed by atoms with Gasteiger partial charge in [0.25, 0.3) is 0 Å². The van der Waals surface area contributed by atoms with Gasteiger partial charge in [0.05, 0.1) is 0 Å². The summed E-state index contributed by atoms with van der Waals surface area (Å²) in [5.41, 5.74) is -2.06. The highest BCUT2D eigenvalue weighted by Gasteiger charge is 2.12. The summed E-state index contributed by atoms with van der Waals surface area (Å²) in [5.74, 6) is 0. The van der Waals surface area contributed by atoms with Crippen molar-refractivity contribution in [2.75, 3.05) is 0 Å². The Kier molecular flexibility index (Phi) is 2.97. The standard InChI is InChI=1S/C9H15N3O3/c1-9(2,3)4-5-12-7(14)10-6(13)11-8(12)15/h4-5H2,1-3H3,(H2,10,11,13,14,15). The number of aromatic nitrogens is 3. The molecule has 0 fully saturated rings. The van der Waals surface area contributed by atoms with Gasteiger partial charge >= 0.3 is 17.1 Å². The van der Waals surface area contributed by atoms with Gasteiger partial charge in [-0.1, -0.05) is 20.8 Å². The molecule has 6 heteroatoms. The summed E-state index contributed by atoms with van der Waals surface area (Å²) < 4.78 is 0.993. The summed E-state index contributed by atoms with van der Waals surface area (Å²) in [6, 6.07) is 0. The fraction of sp³-hybridized carbons (Fsp3) is 0.667. The third-order valence-corrected chi connectivity index (χ3v) is 2.02. The van der Waals surface area contributed by atoms with Gasteiger partial charge in [-0.15, -0.1) is 0 Å². The fourth-order valence-electron chi connectivity index (χ4n) is 1.10. The summed E-state index contributed by atoms with van der Waals surface area (Å²) in [5, 5.41) is 0. The molecule has 0 bridgehead atoms. The third kappa shape index (κ3) is 3.23. The molecule has 1 aromatic heterocycles. The monoisotopic (exact) mass is 213 g/mol. The summed E-state index contributed by atoms with van der Waals surface area (Å²) in [7, 11) is 0. The minimum atomic E-state index is -0.767. The highest BCUT2D eigenvalue weighted by atomic mass is 16.2. The molecule has 2 N–H and O–H groups in total. The van der Waals surface area contributed by atoms with Crippen molar-refractivity contribution in [3.8, 4) is 0 Å². The van der Waals surface area contributed by atoms with Crippen molar-refractivity contribution in [1.29, 1.82) is 0 Å². The fourth-order valence-corrected chi connectivity index (χ4v) is 1.10. The van der Waals surface area contributed by atoms with Crippen LogP contribution < -0.4 is 17.1 Å². The van der Waals surface area contributed by atoms with Crippen LogP contribution in [0.3, 0.4) is 0 Å². The summed E-state index contributed by atoms with van der Waals surface area (Å²) in [6.45, 7) is 6.34. The first-order chi connectivity index (χ1) is 6.79. The van der Waals surface area contributed by atoms with Gasteiger partial charge < -0.3 is 0 Å². The van der Waals surface area contributed by atoms with Crippen LogP contribution >= 0.6 is 0 Å². The Hall–Kier alpha value is -1.59. The van der Waals surface area contributed by atoms with E-state index in [1.807, 2.05) is 30.7 Å². The summed E-state index contributed by atoms with van der Waals surface area (Å²) >= 11 is 0. The zero-order valence-electron chi connectivity index (χ0n) is 9.09. The molecule has 0 atom stereocenters. The number of nitrogens with one attached hydrogen (secondary N) is 2. The van der Waals surface area contributed by atoms with Crippen LogP contribution in [-0.2, 0) is 6.54 Å². The van der Waals surface area contributed by atoms with Gasteiger partial charge in [-0.05, 0) is 11.8 Å². The van der Waals surface area contributed by atoms with Crippen molar-refractivity contribution in [3.05, 3.63) is 31.5 Å². The SMILES string of the molecule is CC(C)(C)CCn1c(=O)[nH]c(=O)[nH]c1=O. The molecule has 1 aromatic rings. The normalized spacial score (nSPS) is 11.7. The van der Waals surface area contributed by atoms with Gasteiger partial charge in [-0.3, -0.25) is 9.97 Å². The van der Waals surface area contributed by atoms with E-state index in [1.165, 1.54) is 0 Å². The van der Waals surface area contributed by atoms with Crippen molar-refractivity contribution in [3.63, 3.8) is 0 Å². The van der Waals surface area contributed by atoms with E-state index in [0.717, 1.165) is 4.57 Å². The smallest absolute Gasteiger partial charge is 0.259 e. The molecule has 0 aliphatic rings. The quantitative estimate of drug-likeness (QED) is 0.704. The first-order valence-corrected chi connectivity index (χ1v) is 4.73. The largest absolute Gasteiger partial charge is 0.333 e. The van der Waals surface area contributed by atoms with E-state index in [2.05, 4.69) is 0 Å². The van der Waals surface area contributed by atoms with Gasteiger partial charge in [0.2, 0.25) is 0 Å². The van der Waals surface area contributed by atoms with Crippen molar-refractivity contribution in [2.45, 2.75) is 33.7 Å². The molecule has 1 heterocycles. The minimum absolute atomic E-state index is 0.0298. The second-order valence-corrected chi connectivity index (χ2v) is 4.65. The molecule has 0 amide bonds. The average molecular weight is 213 g/mol. The van der Waals surface area contributed by atoms with Crippen molar-refractivity contribution < 1.29 is 0 Å². The molecule has 0 spiro atoms. The van der Waals surface area contributed by atoms with Crippen LogP contribution in [0.25, 0.3) is 0 Å². The van der Waals surface area contributed by atoms with Crippen molar-refractivity contribution in [2.24, 2.45) is 5.41 Å². The molecule has 0 saturated heterocycles. The van der Waals surface area contributed by atoms with Gasteiger partial charge in [-0.2, -0.15) is 0 Å². The number of H-pyrrole nitrogens is 2. The lowest BCUT2D eigenvalue weighted by Crippen LogP contribution is -2.43. The summed E-state index contributed by atoms with van der Waals surface area (Å²) in [4.78, 5) is 37.3. The minimum Gasteiger partial charge on any atom is -0.259 e. The van der Waals surface area contributed by atoms with Crippen LogP contribution in [0.1, 0.15) is 27.2 Å². The Morgan fingerprint density at radius 3 is 1.93 bits per heavy atom. The van der Waals surface area contributed by atoms with E-state index in [9.17, 15) is 14.4 Å². The van der Waals surface area contributed by atoms with Crippen molar-refractivity contribution in [1.82, 2.24) is 14.5 Å². The molecule has 1 rings (SSSR count). The topological polar surface area (TPSA) is 87.7 Å². The Bertz CT molecular complexity index is 467. The predicted molar refractivity (Wildman–Crippen MR) is 56.0 cm³/mol. The lowest BCUT2D eigenvalue weighted by atomic mass is 9.92. The second kappa shape index (κ2) is 3.88. The Labute approximate surface area is 86.0 Å². The molecule has 0 aliphatic heterocycles. The van der Waals surface area contributed by atoms with Gasteiger partial charge in [0.15, 0.2) is 0 Å². The Balaban J connectivity index is 3.02. The van der Waals surface area contributed by atoms with Crippen LogP contribution in [-0.4, -0.2) is 14.5 Å². The molecule has 0 aliphatic carbocycles. The maximum Gasteiger partial charge on any atom is 0.333 e. The maximum atomic E-state index is 11.3. The molecule has 0 radical (unpaired) electrons. The van der Waals surface area contributed by atoms with Gasteiger partial charge in [0, 0.05) is 6.54 Å². The first kappa shape index (κ1) is 11.5. The molecular weight excluding hydrogens is 198 g/mol. The summed E-state index contributed by atoms with van der Waals surface area (Å²) in [6.07, 6.45) is 0.683. The van der Waals surface area contributed by atoms with E-state index in [4.69, 9.17) is 0 Å². The van der Waals surface area contributed by atoms with Crippen LogP contribution in [0.15, 0.2) is 14.4 Å². The number of hydrogen-bond donors (Lipinski definition) is 2. The Morgan fingerprint density at radius 2 is 1.53 bits per heavy atom. The van der Waals surface area contributed by atoms with Crippen LogP contribution in [0.2, 0.25) is 0 Å². The van der Waals surface area contributed by atoms with Crippen LogP contribution in [0.5, 0.6) is 0 Å². The highest BCUT2D eigenvalue weighted by molar-refractivity contribution is 4.71. The molecule has 0 saturated carbocycles.